The van der Waals surface area contributed by atoms with Gasteiger partial charge in [0.2, 0.25) is 0 Å². The lowest BCUT2D eigenvalue weighted by atomic mass is 10.0. The Morgan fingerprint density at radius 3 is 2.65 bits per heavy atom. The average molecular weight is 271 g/mol. The van der Waals surface area contributed by atoms with Crippen molar-refractivity contribution in [1.82, 2.24) is 4.98 Å². The van der Waals surface area contributed by atoms with E-state index in [1.807, 2.05) is 24.3 Å². The van der Waals surface area contributed by atoms with Crippen molar-refractivity contribution in [3.63, 3.8) is 0 Å². The summed E-state index contributed by atoms with van der Waals surface area (Å²) in [6, 6.07) is 11.0. The molecule has 1 N–H and O–H groups in total. The molecule has 1 heterocycles. The highest BCUT2D eigenvalue weighted by atomic mass is 19.2. The molecular formula is C16H11F2NO. The van der Waals surface area contributed by atoms with Gasteiger partial charge in [-0.1, -0.05) is 24.3 Å². The lowest BCUT2D eigenvalue weighted by molar-refractivity contribution is 0.0994. The van der Waals surface area contributed by atoms with Gasteiger partial charge in [-0.15, -0.1) is 0 Å². The van der Waals surface area contributed by atoms with E-state index in [1.165, 1.54) is 6.07 Å². The zero-order chi connectivity index (χ0) is 14.1. The topological polar surface area (TPSA) is 32.9 Å². The van der Waals surface area contributed by atoms with E-state index in [0.717, 1.165) is 23.0 Å². The maximum Gasteiger partial charge on any atom is 0.169 e. The van der Waals surface area contributed by atoms with Crippen LogP contribution in [0.1, 0.15) is 15.9 Å². The maximum absolute atomic E-state index is 13.1. The standard InChI is InChI=1S/C16H11F2NO/c17-13-6-5-10(7-14(13)18)8-16(20)12-9-19-15-4-2-1-3-11(12)15/h1-7,9,19H,8H2. The Morgan fingerprint density at radius 2 is 1.85 bits per heavy atom. The minimum absolute atomic E-state index is 0.0407. The Morgan fingerprint density at radius 1 is 1.05 bits per heavy atom. The van der Waals surface area contributed by atoms with E-state index in [0.29, 0.717) is 11.1 Å². The third-order valence-corrected chi connectivity index (χ3v) is 3.24. The monoisotopic (exact) mass is 271 g/mol. The van der Waals surface area contributed by atoms with Crippen molar-refractivity contribution in [3.05, 3.63) is 71.4 Å². The second kappa shape index (κ2) is 4.89. The Bertz CT molecular complexity index is 792. The van der Waals surface area contributed by atoms with Crippen LogP contribution in [0.15, 0.2) is 48.7 Å². The van der Waals surface area contributed by atoms with E-state index in [1.54, 1.807) is 6.20 Å². The molecule has 0 radical (unpaired) electrons. The van der Waals surface area contributed by atoms with Crippen molar-refractivity contribution in [1.29, 1.82) is 0 Å². The lowest BCUT2D eigenvalue weighted by Crippen LogP contribution is -2.03. The van der Waals surface area contributed by atoms with Gasteiger partial charge in [-0.25, -0.2) is 8.78 Å². The number of hydrogen-bond acceptors (Lipinski definition) is 1. The number of para-hydroxylation sites is 1. The molecule has 3 aromatic rings. The molecule has 0 atom stereocenters. The van der Waals surface area contributed by atoms with Gasteiger partial charge in [-0.05, 0) is 23.8 Å². The second-order valence-corrected chi connectivity index (χ2v) is 4.60. The molecule has 0 saturated heterocycles. The molecule has 0 amide bonds. The van der Waals surface area contributed by atoms with Crippen molar-refractivity contribution in [2.24, 2.45) is 0 Å². The number of benzene rings is 2. The third kappa shape index (κ3) is 2.20. The summed E-state index contributed by atoms with van der Waals surface area (Å²) in [5, 5.41) is 0.833. The number of H-pyrrole nitrogens is 1. The number of nitrogens with one attached hydrogen (secondary N) is 1. The number of carbonyl (C=O) groups is 1. The predicted molar refractivity (Wildman–Crippen MR) is 72.7 cm³/mol. The molecule has 0 unspecified atom stereocenters. The molecule has 3 rings (SSSR count). The Balaban J connectivity index is 1.91. The summed E-state index contributed by atoms with van der Waals surface area (Å²) in [5.74, 6) is -1.98. The summed E-state index contributed by atoms with van der Waals surface area (Å²) in [4.78, 5) is 15.3. The van der Waals surface area contributed by atoms with Crippen LogP contribution in [0.3, 0.4) is 0 Å². The summed E-state index contributed by atoms with van der Waals surface area (Å²) < 4.78 is 26.0. The van der Waals surface area contributed by atoms with Crippen molar-refractivity contribution in [2.75, 3.05) is 0 Å². The van der Waals surface area contributed by atoms with Gasteiger partial charge in [0.25, 0.3) is 0 Å². The van der Waals surface area contributed by atoms with Gasteiger partial charge in [0.1, 0.15) is 0 Å². The van der Waals surface area contributed by atoms with Gasteiger partial charge in [-0.3, -0.25) is 4.79 Å². The predicted octanol–water partition coefficient (Wildman–Crippen LogP) is 3.87. The molecule has 0 spiro atoms. The van der Waals surface area contributed by atoms with E-state index in [-0.39, 0.29) is 12.2 Å². The highest BCUT2D eigenvalue weighted by molar-refractivity contribution is 6.08. The highest BCUT2D eigenvalue weighted by Crippen LogP contribution is 2.20. The van der Waals surface area contributed by atoms with E-state index >= 15 is 0 Å². The number of ketones is 1. The van der Waals surface area contributed by atoms with Crippen LogP contribution in [0.2, 0.25) is 0 Å². The number of aromatic nitrogens is 1. The Hall–Kier alpha value is -2.49. The molecule has 1 aromatic heterocycles. The SMILES string of the molecule is O=C(Cc1ccc(F)c(F)c1)c1c[nH]c2ccccc12. The number of rotatable bonds is 3. The zero-order valence-electron chi connectivity index (χ0n) is 10.5. The van der Waals surface area contributed by atoms with Gasteiger partial charge >= 0.3 is 0 Å². The van der Waals surface area contributed by atoms with Crippen LogP contribution < -0.4 is 0 Å². The number of fused-ring (bicyclic) bond motifs is 1. The molecule has 20 heavy (non-hydrogen) atoms. The number of halogens is 2. The van der Waals surface area contributed by atoms with Gasteiger partial charge < -0.3 is 4.98 Å². The van der Waals surface area contributed by atoms with Crippen molar-refractivity contribution in [2.45, 2.75) is 6.42 Å². The van der Waals surface area contributed by atoms with Gasteiger partial charge in [0.15, 0.2) is 17.4 Å². The summed E-state index contributed by atoms with van der Waals surface area (Å²) in [6.45, 7) is 0. The van der Waals surface area contributed by atoms with Crippen LogP contribution in [-0.2, 0) is 6.42 Å². The van der Waals surface area contributed by atoms with Crippen molar-refractivity contribution >= 4 is 16.7 Å². The third-order valence-electron chi connectivity index (χ3n) is 3.24. The number of aromatic amines is 1. The molecule has 0 bridgehead atoms. The molecule has 0 saturated carbocycles. The fourth-order valence-electron chi connectivity index (χ4n) is 2.23. The molecule has 100 valence electrons. The summed E-state index contributed by atoms with van der Waals surface area (Å²) in [5.41, 5.74) is 1.89. The van der Waals surface area contributed by atoms with Gasteiger partial charge in [-0.2, -0.15) is 0 Å². The summed E-state index contributed by atoms with van der Waals surface area (Å²) in [6.07, 6.45) is 1.69. The summed E-state index contributed by atoms with van der Waals surface area (Å²) >= 11 is 0. The fourth-order valence-corrected chi connectivity index (χ4v) is 2.23. The minimum atomic E-state index is -0.936. The smallest absolute Gasteiger partial charge is 0.169 e. The van der Waals surface area contributed by atoms with Crippen LogP contribution in [-0.4, -0.2) is 10.8 Å². The second-order valence-electron chi connectivity index (χ2n) is 4.60. The van der Waals surface area contributed by atoms with E-state index < -0.39 is 11.6 Å². The molecular weight excluding hydrogens is 260 g/mol. The number of Topliss-reactive ketones (excluding diaryl/α,β-unsaturated/α-hetero) is 1. The van der Waals surface area contributed by atoms with E-state index in [9.17, 15) is 13.6 Å². The first-order valence-electron chi connectivity index (χ1n) is 6.18. The fraction of sp³-hybridized carbons (Fsp3) is 0.0625. The van der Waals surface area contributed by atoms with Gasteiger partial charge in [0.05, 0.1) is 0 Å². The molecule has 0 aliphatic heterocycles. The first-order valence-corrected chi connectivity index (χ1v) is 6.18. The number of carbonyl (C=O) groups excluding carboxylic acids is 1. The first-order chi connectivity index (χ1) is 9.65. The zero-order valence-corrected chi connectivity index (χ0v) is 10.5. The summed E-state index contributed by atoms with van der Waals surface area (Å²) in [7, 11) is 0. The maximum atomic E-state index is 13.1. The first kappa shape index (κ1) is 12.5. The molecule has 0 aliphatic carbocycles. The van der Waals surface area contributed by atoms with Crippen LogP contribution in [0.25, 0.3) is 10.9 Å². The normalized spacial score (nSPS) is 10.9. The molecule has 4 heteroatoms. The van der Waals surface area contributed by atoms with Crippen molar-refractivity contribution in [3.8, 4) is 0 Å². The molecule has 0 fully saturated rings. The largest absolute Gasteiger partial charge is 0.360 e. The number of hydrogen-bond donors (Lipinski definition) is 1. The highest BCUT2D eigenvalue weighted by Gasteiger charge is 2.13. The molecule has 2 nitrogen and oxygen atoms in total. The Kier molecular flexibility index (Phi) is 3.06. The molecule has 2 aromatic carbocycles. The van der Waals surface area contributed by atoms with Crippen molar-refractivity contribution < 1.29 is 13.6 Å². The molecule has 0 aliphatic rings. The van der Waals surface area contributed by atoms with Gasteiger partial charge in [0, 0.05) is 29.1 Å². The van der Waals surface area contributed by atoms with Crippen LogP contribution >= 0.6 is 0 Å². The minimum Gasteiger partial charge on any atom is -0.360 e. The Labute approximate surface area is 114 Å². The quantitative estimate of drug-likeness (QED) is 0.721. The van der Waals surface area contributed by atoms with Crippen LogP contribution in [0.4, 0.5) is 8.78 Å². The van der Waals surface area contributed by atoms with E-state index in [2.05, 4.69) is 4.98 Å². The average Bonchev–Trinajstić information content (AvgIpc) is 2.87. The van der Waals surface area contributed by atoms with Crippen LogP contribution in [0.5, 0.6) is 0 Å². The lowest BCUT2D eigenvalue weighted by Gasteiger charge is -2.01. The van der Waals surface area contributed by atoms with E-state index in [4.69, 9.17) is 0 Å². The van der Waals surface area contributed by atoms with Crippen LogP contribution in [0, 0.1) is 11.6 Å².